The van der Waals surface area contributed by atoms with Crippen molar-refractivity contribution in [3.63, 3.8) is 0 Å². The molecule has 0 atom stereocenters. The van der Waals surface area contributed by atoms with Gasteiger partial charge in [-0.2, -0.15) is 0 Å². The van der Waals surface area contributed by atoms with Gasteiger partial charge in [0.25, 0.3) is 11.8 Å². The molecule has 154 valence electrons. The summed E-state index contributed by atoms with van der Waals surface area (Å²) >= 11 is 0. The Labute approximate surface area is 175 Å². The lowest BCUT2D eigenvalue weighted by Gasteiger charge is -2.12. The fraction of sp³-hybridized carbons (Fsp3) is 0.167. The van der Waals surface area contributed by atoms with Gasteiger partial charge in [0.15, 0.2) is 0 Å². The number of amides is 2. The summed E-state index contributed by atoms with van der Waals surface area (Å²) in [5.74, 6) is 0.439. The molecule has 0 aliphatic heterocycles. The van der Waals surface area contributed by atoms with Gasteiger partial charge in [0.1, 0.15) is 17.2 Å². The molecule has 0 saturated heterocycles. The fourth-order valence-corrected chi connectivity index (χ4v) is 2.69. The van der Waals surface area contributed by atoms with Crippen LogP contribution in [0.15, 0.2) is 83.1 Å². The molecule has 3 rings (SSSR count). The van der Waals surface area contributed by atoms with E-state index in [4.69, 9.17) is 9.15 Å². The van der Waals surface area contributed by atoms with Gasteiger partial charge in [-0.25, -0.2) is 0 Å². The predicted octanol–water partition coefficient (Wildman–Crippen LogP) is 4.15. The summed E-state index contributed by atoms with van der Waals surface area (Å²) in [5, 5.41) is 5.49. The first-order chi connectivity index (χ1) is 14.5. The monoisotopic (exact) mass is 404 g/mol. The molecule has 6 nitrogen and oxygen atoms in total. The van der Waals surface area contributed by atoms with E-state index in [1.165, 1.54) is 12.3 Å². The molecule has 0 saturated carbocycles. The normalized spacial score (nSPS) is 11.2. The van der Waals surface area contributed by atoms with Crippen LogP contribution in [0.2, 0.25) is 0 Å². The van der Waals surface area contributed by atoms with Gasteiger partial charge in [0.05, 0.1) is 12.4 Å². The molecule has 1 heterocycles. The largest absolute Gasteiger partial charge is 0.491 e. The highest BCUT2D eigenvalue weighted by atomic mass is 16.5. The average Bonchev–Trinajstić information content (AvgIpc) is 3.26. The number of hydrogen-bond acceptors (Lipinski definition) is 4. The smallest absolute Gasteiger partial charge is 0.268 e. The molecule has 2 aromatic carbocycles. The maximum absolute atomic E-state index is 12.8. The average molecular weight is 404 g/mol. The molecule has 0 spiro atoms. The second kappa shape index (κ2) is 10.1. The Kier molecular flexibility index (Phi) is 7.05. The Bertz CT molecular complexity index is 991. The lowest BCUT2D eigenvalue weighted by molar-refractivity contribution is -0.117. The minimum absolute atomic E-state index is 0.0954. The zero-order valence-corrected chi connectivity index (χ0v) is 16.9. The van der Waals surface area contributed by atoms with Crippen LogP contribution < -0.4 is 15.4 Å². The summed E-state index contributed by atoms with van der Waals surface area (Å²) in [6.45, 7) is 4.23. The lowest BCUT2D eigenvalue weighted by Crippen LogP contribution is -2.34. The van der Waals surface area contributed by atoms with Crippen molar-refractivity contribution in [1.29, 1.82) is 0 Å². The summed E-state index contributed by atoms with van der Waals surface area (Å²) in [5.41, 5.74) is 1.46. The predicted molar refractivity (Wildman–Crippen MR) is 115 cm³/mol. The van der Waals surface area contributed by atoms with Crippen molar-refractivity contribution in [3.05, 3.63) is 95.6 Å². The summed E-state index contributed by atoms with van der Waals surface area (Å²) in [6.07, 6.45) is 3.09. The number of rotatable bonds is 8. The highest BCUT2D eigenvalue weighted by Gasteiger charge is 2.15. The first kappa shape index (κ1) is 20.9. The Balaban J connectivity index is 1.68. The quantitative estimate of drug-likeness (QED) is 0.553. The molecule has 0 unspecified atom stereocenters. The number of carbonyl (C=O) groups is 2. The SMILES string of the molecule is CC(C)Oc1ccc(CNC(=O)/C(=C/c2ccco2)NC(=O)c2ccccc2)cc1. The Morgan fingerprint density at radius 1 is 1.00 bits per heavy atom. The molecule has 2 N–H and O–H groups in total. The number of hydrogen-bond donors (Lipinski definition) is 2. The van der Waals surface area contributed by atoms with Crippen molar-refractivity contribution in [1.82, 2.24) is 10.6 Å². The van der Waals surface area contributed by atoms with Crippen LogP contribution in [0.3, 0.4) is 0 Å². The number of carbonyl (C=O) groups excluding carboxylic acids is 2. The Morgan fingerprint density at radius 3 is 2.37 bits per heavy atom. The van der Waals surface area contributed by atoms with Crippen molar-refractivity contribution in [2.75, 3.05) is 0 Å². The first-order valence-corrected chi connectivity index (χ1v) is 9.66. The molecule has 0 aliphatic carbocycles. The fourth-order valence-electron chi connectivity index (χ4n) is 2.69. The molecular formula is C24H24N2O4. The van der Waals surface area contributed by atoms with Crippen LogP contribution in [0.25, 0.3) is 6.08 Å². The molecule has 1 aromatic heterocycles. The molecule has 0 bridgehead atoms. The van der Waals surface area contributed by atoms with Crippen LogP contribution in [-0.2, 0) is 11.3 Å². The molecular weight excluding hydrogens is 380 g/mol. The van der Waals surface area contributed by atoms with Crippen molar-refractivity contribution >= 4 is 17.9 Å². The van der Waals surface area contributed by atoms with E-state index in [9.17, 15) is 9.59 Å². The molecule has 0 fully saturated rings. The minimum Gasteiger partial charge on any atom is -0.491 e. The number of furan rings is 1. The second-order valence-corrected chi connectivity index (χ2v) is 6.89. The van der Waals surface area contributed by atoms with E-state index in [1.54, 1.807) is 36.4 Å². The molecule has 2 amide bonds. The minimum atomic E-state index is -0.418. The van der Waals surface area contributed by atoms with E-state index in [1.807, 2.05) is 44.2 Å². The van der Waals surface area contributed by atoms with Gasteiger partial charge < -0.3 is 19.8 Å². The zero-order valence-electron chi connectivity index (χ0n) is 16.9. The number of benzene rings is 2. The molecule has 6 heteroatoms. The van der Waals surface area contributed by atoms with Crippen LogP contribution in [0.4, 0.5) is 0 Å². The molecule has 0 aliphatic rings. The van der Waals surface area contributed by atoms with Crippen molar-refractivity contribution in [2.45, 2.75) is 26.5 Å². The van der Waals surface area contributed by atoms with Crippen LogP contribution >= 0.6 is 0 Å². The maximum Gasteiger partial charge on any atom is 0.268 e. The van der Waals surface area contributed by atoms with Gasteiger partial charge in [0, 0.05) is 18.2 Å². The highest BCUT2D eigenvalue weighted by molar-refractivity contribution is 6.05. The van der Waals surface area contributed by atoms with Gasteiger partial charge in [-0.3, -0.25) is 9.59 Å². The standard InChI is InChI=1S/C24H24N2O4/c1-17(2)30-20-12-10-18(11-13-20)16-25-24(28)22(15-21-9-6-14-29-21)26-23(27)19-7-4-3-5-8-19/h3-15,17H,16H2,1-2H3,(H,25,28)(H,26,27)/b22-15-. The van der Waals surface area contributed by atoms with Crippen LogP contribution in [0.1, 0.15) is 35.5 Å². The van der Waals surface area contributed by atoms with Gasteiger partial charge in [-0.05, 0) is 55.8 Å². The summed E-state index contributed by atoms with van der Waals surface area (Å²) < 4.78 is 10.9. The van der Waals surface area contributed by atoms with E-state index in [0.29, 0.717) is 17.9 Å². The number of ether oxygens (including phenoxy) is 1. The van der Waals surface area contributed by atoms with Gasteiger partial charge in [-0.15, -0.1) is 0 Å². The van der Waals surface area contributed by atoms with Crippen molar-refractivity contribution in [3.8, 4) is 5.75 Å². The van der Waals surface area contributed by atoms with Crippen LogP contribution in [0.5, 0.6) is 5.75 Å². The third kappa shape index (κ3) is 6.10. The summed E-state index contributed by atoms with van der Waals surface area (Å²) in [6, 6.07) is 19.6. The highest BCUT2D eigenvalue weighted by Crippen LogP contribution is 2.14. The van der Waals surface area contributed by atoms with E-state index < -0.39 is 5.91 Å². The lowest BCUT2D eigenvalue weighted by atomic mass is 10.2. The van der Waals surface area contributed by atoms with Gasteiger partial charge in [-0.1, -0.05) is 30.3 Å². The Hall–Kier alpha value is -3.80. The molecule has 0 radical (unpaired) electrons. The van der Waals surface area contributed by atoms with Crippen molar-refractivity contribution in [2.24, 2.45) is 0 Å². The summed E-state index contributed by atoms with van der Waals surface area (Å²) in [7, 11) is 0. The van der Waals surface area contributed by atoms with Gasteiger partial charge >= 0.3 is 0 Å². The van der Waals surface area contributed by atoms with Crippen LogP contribution in [-0.4, -0.2) is 17.9 Å². The molecule has 30 heavy (non-hydrogen) atoms. The zero-order chi connectivity index (χ0) is 21.3. The maximum atomic E-state index is 12.8. The van der Waals surface area contributed by atoms with E-state index in [2.05, 4.69) is 10.6 Å². The summed E-state index contributed by atoms with van der Waals surface area (Å²) in [4.78, 5) is 25.3. The third-order valence-corrected chi connectivity index (χ3v) is 4.11. The first-order valence-electron chi connectivity index (χ1n) is 9.66. The topological polar surface area (TPSA) is 80.6 Å². The number of nitrogens with one attached hydrogen (secondary N) is 2. The van der Waals surface area contributed by atoms with E-state index >= 15 is 0 Å². The van der Waals surface area contributed by atoms with Crippen molar-refractivity contribution < 1.29 is 18.7 Å². The van der Waals surface area contributed by atoms with E-state index in [-0.39, 0.29) is 17.7 Å². The van der Waals surface area contributed by atoms with Crippen LogP contribution in [0, 0.1) is 0 Å². The van der Waals surface area contributed by atoms with Gasteiger partial charge in [0.2, 0.25) is 0 Å². The third-order valence-electron chi connectivity index (χ3n) is 4.11. The molecule has 3 aromatic rings. The van der Waals surface area contributed by atoms with E-state index in [0.717, 1.165) is 11.3 Å². The Morgan fingerprint density at radius 2 is 1.73 bits per heavy atom. The second-order valence-electron chi connectivity index (χ2n) is 6.89.